The average Bonchev–Trinajstić information content (AvgIpc) is 2.98. The van der Waals surface area contributed by atoms with E-state index in [-0.39, 0.29) is 12.0 Å². The molecular formula is C22H22Br2N2O2. The number of anilines is 2. The normalized spacial score (nSPS) is 21.0. The van der Waals surface area contributed by atoms with E-state index in [1.165, 1.54) is 11.3 Å². The van der Waals surface area contributed by atoms with E-state index in [9.17, 15) is 5.11 Å². The third kappa shape index (κ3) is 3.86. The van der Waals surface area contributed by atoms with E-state index < -0.39 is 6.10 Å². The molecule has 2 N–H and O–H groups in total. The van der Waals surface area contributed by atoms with Gasteiger partial charge in [0.05, 0.1) is 24.9 Å². The van der Waals surface area contributed by atoms with Crippen LogP contribution in [0.3, 0.4) is 0 Å². The highest BCUT2D eigenvalue weighted by Gasteiger charge is 2.38. The second-order valence-electron chi connectivity index (χ2n) is 7.02. The van der Waals surface area contributed by atoms with E-state index in [4.69, 9.17) is 4.74 Å². The fourth-order valence-corrected chi connectivity index (χ4v) is 4.77. The molecule has 0 spiro atoms. The third-order valence-electron chi connectivity index (χ3n) is 5.22. The first kappa shape index (κ1) is 19.6. The summed E-state index contributed by atoms with van der Waals surface area (Å²) in [5.74, 6) is 1.05. The Morgan fingerprint density at radius 1 is 1.21 bits per heavy atom. The Labute approximate surface area is 182 Å². The number of β-amino-alcohol motifs (C(OH)–C–C–N with tert-alkyl or cyclic N) is 1. The van der Waals surface area contributed by atoms with Gasteiger partial charge in [-0.3, -0.25) is 0 Å². The zero-order chi connectivity index (χ0) is 19.7. The quantitative estimate of drug-likeness (QED) is 0.576. The maximum Gasteiger partial charge on any atom is 0.141 e. The molecule has 0 radical (unpaired) electrons. The topological polar surface area (TPSA) is 44.7 Å². The van der Waals surface area contributed by atoms with Gasteiger partial charge in [0.25, 0.3) is 0 Å². The van der Waals surface area contributed by atoms with E-state index in [1.54, 1.807) is 7.11 Å². The van der Waals surface area contributed by atoms with Crippen LogP contribution in [0.4, 0.5) is 11.4 Å². The molecule has 146 valence electrons. The Kier molecular flexibility index (Phi) is 5.80. The van der Waals surface area contributed by atoms with Crippen LogP contribution in [0, 0.1) is 0 Å². The van der Waals surface area contributed by atoms with Crippen molar-refractivity contribution in [3.63, 3.8) is 0 Å². The number of hydrogen-bond acceptors (Lipinski definition) is 4. The molecule has 4 nitrogen and oxygen atoms in total. The van der Waals surface area contributed by atoms with Crippen LogP contribution in [0.2, 0.25) is 0 Å². The smallest absolute Gasteiger partial charge is 0.141 e. The number of benzene rings is 2. The lowest BCUT2D eigenvalue weighted by atomic mass is 9.91. The molecule has 0 aromatic heterocycles. The zero-order valence-corrected chi connectivity index (χ0v) is 18.7. The average molecular weight is 506 g/mol. The molecule has 0 amide bonds. The summed E-state index contributed by atoms with van der Waals surface area (Å²) in [4.78, 5) is 2.30. The SMILES string of the molecule is COc1ccccc1NCC(O)CN1c2ccc(Br)cc2C2C=C(Br)C=CC21. The number of nitrogens with one attached hydrogen (secondary N) is 1. The summed E-state index contributed by atoms with van der Waals surface area (Å²) in [6, 6.07) is 14.3. The minimum atomic E-state index is -0.525. The highest BCUT2D eigenvalue weighted by Crippen LogP contribution is 2.46. The van der Waals surface area contributed by atoms with Crippen molar-refractivity contribution < 1.29 is 9.84 Å². The molecule has 2 aromatic rings. The highest BCUT2D eigenvalue weighted by molar-refractivity contribution is 9.12. The summed E-state index contributed by atoms with van der Waals surface area (Å²) in [5, 5.41) is 14.1. The lowest BCUT2D eigenvalue weighted by molar-refractivity contribution is 0.191. The molecule has 28 heavy (non-hydrogen) atoms. The number of rotatable bonds is 6. The zero-order valence-electron chi connectivity index (χ0n) is 15.5. The second-order valence-corrected chi connectivity index (χ2v) is 8.85. The maximum atomic E-state index is 10.8. The number of aliphatic hydroxyl groups is 1. The van der Waals surface area contributed by atoms with Crippen molar-refractivity contribution in [3.8, 4) is 5.75 Å². The second kappa shape index (κ2) is 8.31. The van der Waals surface area contributed by atoms with Gasteiger partial charge in [-0.25, -0.2) is 0 Å². The van der Waals surface area contributed by atoms with Crippen molar-refractivity contribution in [2.45, 2.75) is 18.1 Å². The first-order valence-corrected chi connectivity index (χ1v) is 10.8. The number of halogens is 2. The van der Waals surface area contributed by atoms with Crippen LogP contribution in [0.1, 0.15) is 11.5 Å². The van der Waals surface area contributed by atoms with Crippen LogP contribution in [-0.4, -0.2) is 37.5 Å². The van der Waals surface area contributed by atoms with E-state index >= 15 is 0 Å². The molecule has 3 unspecified atom stereocenters. The standard InChI is InChI=1S/C22H22Br2N2O2/c1-28-22-5-3-2-4-19(22)25-12-16(27)13-26-20-8-6-14(23)10-17(20)18-11-15(24)7-9-21(18)26/h2-11,16-17,20,25,27H,12-13H2,1H3. The molecule has 6 heteroatoms. The summed E-state index contributed by atoms with van der Waals surface area (Å²) in [7, 11) is 1.65. The number of allylic oxidation sites excluding steroid dienone is 2. The monoisotopic (exact) mass is 504 g/mol. The molecule has 3 atom stereocenters. The van der Waals surface area contributed by atoms with Crippen LogP contribution in [0.5, 0.6) is 5.75 Å². The van der Waals surface area contributed by atoms with Gasteiger partial charge >= 0.3 is 0 Å². The number of aliphatic hydroxyl groups excluding tert-OH is 1. The first-order valence-electron chi connectivity index (χ1n) is 9.23. The fraction of sp³-hybridized carbons (Fsp3) is 0.273. The minimum absolute atomic E-state index is 0.214. The van der Waals surface area contributed by atoms with Crippen LogP contribution in [-0.2, 0) is 0 Å². The van der Waals surface area contributed by atoms with Gasteiger partial charge in [-0.05, 0) is 35.9 Å². The van der Waals surface area contributed by atoms with Gasteiger partial charge in [-0.2, -0.15) is 0 Å². The van der Waals surface area contributed by atoms with Crippen molar-refractivity contribution >= 4 is 43.2 Å². The largest absolute Gasteiger partial charge is 0.495 e. The summed E-state index contributed by atoms with van der Waals surface area (Å²) in [5.41, 5.74) is 3.35. The number of hydrogen-bond donors (Lipinski definition) is 2. The van der Waals surface area contributed by atoms with E-state index in [1.807, 2.05) is 24.3 Å². The Hall–Kier alpha value is -1.76. The van der Waals surface area contributed by atoms with Crippen LogP contribution >= 0.6 is 31.9 Å². The van der Waals surface area contributed by atoms with Gasteiger partial charge in [0, 0.05) is 33.6 Å². The van der Waals surface area contributed by atoms with Crippen molar-refractivity contribution in [2.75, 3.05) is 30.4 Å². The fourth-order valence-electron chi connectivity index (χ4n) is 3.95. The van der Waals surface area contributed by atoms with Gasteiger partial charge in [0.1, 0.15) is 5.75 Å². The highest BCUT2D eigenvalue weighted by atomic mass is 79.9. The van der Waals surface area contributed by atoms with Gasteiger partial charge < -0.3 is 20.1 Å². The Balaban J connectivity index is 1.50. The van der Waals surface area contributed by atoms with Gasteiger partial charge in [0.2, 0.25) is 0 Å². The Morgan fingerprint density at radius 3 is 2.86 bits per heavy atom. The van der Waals surface area contributed by atoms with Crippen molar-refractivity contribution in [1.82, 2.24) is 0 Å². The molecule has 0 saturated carbocycles. The molecular weight excluding hydrogens is 484 g/mol. The number of fused-ring (bicyclic) bond motifs is 3. The van der Waals surface area contributed by atoms with Crippen molar-refractivity contribution in [3.05, 3.63) is 75.2 Å². The number of ether oxygens (including phenoxy) is 1. The molecule has 2 aliphatic rings. The first-order chi connectivity index (χ1) is 13.6. The van der Waals surface area contributed by atoms with Gasteiger partial charge in [-0.15, -0.1) is 0 Å². The number of para-hydroxylation sites is 2. The summed E-state index contributed by atoms with van der Waals surface area (Å²) in [6.45, 7) is 0.997. The van der Waals surface area contributed by atoms with Gasteiger partial charge in [-0.1, -0.05) is 62.2 Å². The maximum absolute atomic E-state index is 10.8. The lowest BCUT2D eigenvalue weighted by Gasteiger charge is -2.31. The Morgan fingerprint density at radius 2 is 2.04 bits per heavy atom. The predicted molar refractivity (Wildman–Crippen MR) is 122 cm³/mol. The number of methoxy groups -OCH3 is 1. The molecule has 1 aliphatic carbocycles. The minimum Gasteiger partial charge on any atom is -0.495 e. The van der Waals surface area contributed by atoms with Gasteiger partial charge in [0.15, 0.2) is 0 Å². The van der Waals surface area contributed by atoms with E-state index in [2.05, 4.69) is 78.5 Å². The molecule has 4 rings (SSSR count). The summed E-state index contributed by atoms with van der Waals surface area (Å²) >= 11 is 7.19. The Bertz CT molecular complexity index is 929. The number of nitrogens with zero attached hydrogens (tertiary/aromatic N) is 1. The molecule has 0 saturated heterocycles. The van der Waals surface area contributed by atoms with Crippen molar-refractivity contribution in [2.24, 2.45) is 0 Å². The molecule has 2 aromatic carbocycles. The third-order valence-corrected chi connectivity index (χ3v) is 6.24. The van der Waals surface area contributed by atoms with Crippen LogP contribution < -0.4 is 15.0 Å². The van der Waals surface area contributed by atoms with Crippen LogP contribution in [0.15, 0.2) is 69.6 Å². The summed E-state index contributed by atoms with van der Waals surface area (Å²) < 4.78 is 7.54. The van der Waals surface area contributed by atoms with Crippen molar-refractivity contribution in [1.29, 1.82) is 0 Å². The van der Waals surface area contributed by atoms with Crippen LogP contribution in [0.25, 0.3) is 0 Å². The predicted octanol–water partition coefficient (Wildman–Crippen LogP) is 5.05. The van der Waals surface area contributed by atoms with E-state index in [0.29, 0.717) is 13.1 Å². The molecule has 1 heterocycles. The lowest BCUT2D eigenvalue weighted by Crippen LogP contribution is -2.41. The summed E-state index contributed by atoms with van der Waals surface area (Å²) in [6.07, 6.45) is 6.02. The van der Waals surface area contributed by atoms with E-state index in [0.717, 1.165) is 20.4 Å². The molecule has 0 bridgehead atoms. The molecule has 0 fully saturated rings. The molecule has 1 aliphatic heterocycles.